The van der Waals surface area contributed by atoms with Crippen molar-refractivity contribution in [2.24, 2.45) is 29.0 Å². The van der Waals surface area contributed by atoms with Gasteiger partial charge in [0.2, 0.25) is 52.9 Å². The van der Waals surface area contributed by atoms with E-state index in [1.165, 1.54) is 65.3 Å². The summed E-state index contributed by atoms with van der Waals surface area (Å²) in [5, 5.41) is 16.2. The zero-order chi connectivity index (χ0) is 90.9. The average molecular weight is 1830 g/mol. The lowest BCUT2D eigenvalue weighted by atomic mass is 9.58. The Morgan fingerprint density at radius 3 is 1.57 bits per heavy atom. The molecule has 5 atom stereocenters. The number of sulfone groups is 1. The largest absolute Gasteiger partial charge is 0.611 e. The highest BCUT2D eigenvalue weighted by molar-refractivity contribution is 7.93. The molecular weight excluding hydrogens is 1750 g/mol. The number of alkyl halides is 7. The molecule has 4 bridgehead atoms. The zero-order valence-corrected chi connectivity index (χ0v) is 70.8. The van der Waals surface area contributed by atoms with Gasteiger partial charge in [-0.3, -0.25) is 14.4 Å². The number of ether oxygens (including phenoxy) is 6. The van der Waals surface area contributed by atoms with E-state index in [1.807, 2.05) is 45.0 Å². The topological polar surface area (TPSA) is 450 Å². The first-order chi connectivity index (χ1) is 60.0. The van der Waals surface area contributed by atoms with Crippen molar-refractivity contribution in [3.8, 4) is 51.5 Å². The maximum absolute atomic E-state index is 15.6. The Labute approximate surface area is 722 Å². The van der Waals surface area contributed by atoms with Gasteiger partial charge in [0.15, 0.2) is 14.7 Å². The normalized spacial score (nSPS) is 23.9. The minimum Gasteiger partial charge on any atom is -0.611 e. The van der Waals surface area contributed by atoms with Crippen LogP contribution in [0, 0.1) is 28.2 Å². The number of nitrogens with zero attached hydrogens (tertiary/aromatic N) is 11. The van der Waals surface area contributed by atoms with E-state index in [-0.39, 0.29) is 133 Å². The summed E-state index contributed by atoms with van der Waals surface area (Å²) in [5.74, 6) is -3.97. The van der Waals surface area contributed by atoms with Crippen molar-refractivity contribution in [1.82, 2.24) is 40.3 Å². The molecule has 45 heteroatoms. The first-order valence-corrected chi connectivity index (χ1v) is 44.4. The molecule has 7 fully saturated rings. The van der Waals surface area contributed by atoms with Crippen LogP contribution < -0.4 is 46.1 Å². The van der Waals surface area contributed by atoms with Gasteiger partial charge in [0.05, 0.1) is 124 Å². The lowest BCUT2D eigenvalue weighted by Crippen LogP contribution is -2.60. The first-order valence-electron chi connectivity index (χ1n) is 39.7. The molecule has 676 valence electrons. The van der Waals surface area contributed by atoms with Crippen molar-refractivity contribution >= 4 is 77.7 Å². The zero-order valence-electron chi connectivity index (χ0n) is 68.4. The van der Waals surface area contributed by atoms with Crippen LogP contribution in [0.15, 0.2) is 143 Å². The van der Waals surface area contributed by atoms with Crippen molar-refractivity contribution in [3.05, 3.63) is 161 Å². The number of methoxy groups -OCH3 is 2. The molecule has 8 aliphatic heterocycles. The van der Waals surface area contributed by atoms with Crippen molar-refractivity contribution in [3.63, 3.8) is 0 Å². The lowest BCUT2D eigenvalue weighted by Gasteiger charge is -2.53. The molecule has 10 aliphatic rings. The van der Waals surface area contributed by atoms with E-state index in [1.54, 1.807) is 17.0 Å². The molecule has 3 aromatic heterocycles. The number of carbonyl (C=O) groups excluding carboxylic acids is 5. The Balaban J connectivity index is 0.000000147. The van der Waals surface area contributed by atoms with Gasteiger partial charge >= 0.3 is 31.1 Å². The minimum absolute atomic E-state index is 0.0183. The Kier molecular flexibility index (Phi) is 24.8. The van der Waals surface area contributed by atoms with Crippen LogP contribution in [-0.2, 0) is 95.2 Å². The third-order valence-corrected chi connectivity index (χ3v) is 28.0. The average Bonchev–Trinajstić information content (AvgIpc) is 1.40. The summed E-state index contributed by atoms with van der Waals surface area (Å²) in [7, 11) is -5.03. The van der Waals surface area contributed by atoms with Gasteiger partial charge in [0.25, 0.3) is 0 Å². The van der Waals surface area contributed by atoms with Gasteiger partial charge in [-0.1, -0.05) is 67.5 Å². The highest BCUT2D eigenvalue weighted by Gasteiger charge is 2.58. The molecule has 5 saturated heterocycles. The fourth-order valence-corrected chi connectivity index (χ4v) is 21.2. The number of amides is 5. The number of fused-ring (bicyclic) bond motifs is 7. The SMILES string of the molecule is CC(C)(C)c1nnc(-c2ccc3c(c2)N(Cc2ccc(OC4CCOCC4)cc2)C(=O)[C@@H](N)CS3(=O)=O)o1.COC(=O)N1CC2CC(c3nc(-c4cc5c(cc4F)S(=N)(=O)C[C@H](N)C(=O)N5Cc4ccc(OC(F)(F)C(F)F)cc4)no3)(C2)C1.COC(=O)N1CC2CC(c3nc(-c4cc5c(cc4F)[S+]([O-])C[C@H](N)C(=O)N5Cc4ccc(OC(F)(F)F)cc4)no3)(C2)C1. The molecule has 11 heterocycles. The van der Waals surface area contributed by atoms with Crippen molar-refractivity contribution in [2.45, 2.75) is 153 Å². The Morgan fingerprint density at radius 1 is 0.614 bits per heavy atom. The highest BCUT2D eigenvalue weighted by atomic mass is 32.2. The fraction of sp³-hybridized carbons (Fsp3) is 0.427. The quantitative estimate of drug-likeness (QED) is 0.0486. The van der Waals surface area contributed by atoms with Crippen LogP contribution in [0.4, 0.5) is 66.2 Å². The van der Waals surface area contributed by atoms with Crippen molar-refractivity contribution < 1.29 is 123 Å². The Bertz CT molecular complexity index is 5910. The Morgan fingerprint density at radius 2 is 1.08 bits per heavy atom. The van der Waals surface area contributed by atoms with Crippen LogP contribution >= 0.6 is 0 Å². The maximum atomic E-state index is 15.6. The van der Waals surface area contributed by atoms with Gasteiger partial charge in [-0.2, -0.15) is 27.5 Å². The predicted molar refractivity (Wildman–Crippen MR) is 431 cm³/mol. The van der Waals surface area contributed by atoms with E-state index in [0.717, 1.165) is 71.5 Å². The second-order valence-corrected chi connectivity index (χ2v) is 38.8. The van der Waals surface area contributed by atoms with E-state index >= 15 is 8.78 Å². The molecule has 5 amide bonds. The van der Waals surface area contributed by atoms with E-state index in [0.29, 0.717) is 75.5 Å². The molecule has 33 nitrogen and oxygen atoms in total. The standard InChI is InChI=1S/C28H27F5N6O6S.C27H25F4N5O6S.C27H32N4O6S/c1-43-26(41)38-10-15-8-27(9-15,13-38)25-36-22(37-45-25)17-6-20-21(7-18(17)29)46(35,42)12-19(34)23(40)39(20)11-14-2-4-16(5-3-14)44-28(32,33)24(30)31;1-40-25(38)35-10-15-8-26(9-15,13-35)24-33-22(34-42-24)17-6-20-21(7-18(17)28)43(39)12-19(32)23(37)36(20)11-14-2-4-16(5-3-14)41-27(29,30)31;1-27(2,3)26-30-29-24(37-26)18-6-9-23-22(14-18)31(25(32)21(28)16-38(23,33)34)15-17-4-7-19(8-5-17)36-20-10-12-35-13-11-20/h2-7,15,19,24,35H,8-13,34H2,1H3;2-7,15,19H,8-13,32H2,1H3;4-9,14,20-21H,10-13,15-16,28H2,1-3H3/t15?,19-,27?,46?;15?,19-,26?,43?;21-/m000/s1. The van der Waals surface area contributed by atoms with Crippen LogP contribution in [0.2, 0.25) is 0 Å². The molecular formula is C82H84F9N15O18S3. The number of anilines is 3. The number of hydrogen-bond donors (Lipinski definition) is 4. The molecule has 2 unspecified atom stereocenters. The summed E-state index contributed by atoms with van der Waals surface area (Å²) in [6.45, 7) is 8.52. The molecule has 6 aromatic carbocycles. The van der Waals surface area contributed by atoms with E-state index in [4.69, 9.17) is 54.4 Å². The van der Waals surface area contributed by atoms with Crippen molar-refractivity contribution in [2.75, 3.05) is 85.6 Å². The van der Waals surface area contributed by atoms with Crippen LogP contribution in [0.1, 0.15) is 93.7 Å². The van der Waals surface area contributed by atoms with Crippen molar-refractivity contribution in [1.29, 1.82) is 4.78 Å². The Hall–Kier alpha value is -11.5. The predicted octanol–water partition coefficient (Wildman–Crippen LogP) is 10.8. The number of hydrogen-bond acceptors (Lipinski definition) is 28. The lowest BCUT2D eigenvalue weighted by molar-refractivity contribution is -0.274. The van der Waals surface area contributed by atoms with Crippen LogP contribution in [0.25, 0.3) is 34.2 Å². The number of nitrogens with one attached hydrogen (secondary N) is 1. The smallest absolute Gasteiger partial charge is 0.573 e. The summed E-state index contributed by atoms with van der Waals surface area (Å²) in [4.78, 5) is 79.8. The number of aromatic nitrogens is 6. The maximum Gasteiger partial charge on any atom is 0.573 e. The minimum atomic E-state index is -4.87. The summed E-state index contributed by atoms with van der Waals surface area (Å²) in [5.41, 5.74) is 18.3. The molecule has 0 spiro atoms. The molecule has 0 radical (unpaired) electrons. The third kappa shape index (κ3) is 19.0. The second-order valence-electron chi connectivity index (χ2n) is 33.2. The van der Waals surface area contributed by atoms with Gasteiger partial charge in [-0.05, 0) is 138 Å². The van der Waals surface area contributed by atoms with Crippen LogP contribution in [0.5, 0.6) is 17.2 Å². The molecule has 7 N–H and O–H groups in total. The number of carbonyl (C=O) groups is 5. The summed E-state index contributed by atoms with van der Waals surface area (Å²) < 4.78 is 228. The van der Waals surface area contributed by atoms with Gasteiger partial charge in [-0.15, -0.1) is 23.4 Å². The monoisotopic (exact) mass is 1830 g/mol. The van der Waals surface area contributed by atoms with Gasteiger partial charge in [0, 0.05) is 56.1 Å². The number of rotatable bonds is 17. The van der Waals surface area contributed by atoms with E-state index in [9.17, 15) is 71.9 Å². The summed E-state index contributed by atoms with van der Waals surface area (Å²) >= 11 is -1.85. The van der Waals surface area contributed by atoms with Gasteiger partial charge < -0.3 is 88.1 Å². The molecule has 127 heavy (non-hydrogen) atoms. The van der Waals surface area contributed by atoms with E-state index < -0.39 is 143 Å². The molecule has 19 rings (SSSR count). The van der Waals surface area contributed by atoms with Crippen LogP contribution in [0.3, 0.4) is 0 Å². The summed E-state index contributed by atoms with van der Waals surface area (Å²) in [6.07, 6.45) is -10.1. The highest BCUT2D eigenvalue weighted by Crippen LogP contribution is 2.54. The molecule has 9 aromatic rings. The number of piperidine rings is 4. The summed E-state index contributed by atoms with van der Waals surface area (Å²) in [6, 6.07) is 22.0. The van der Waals surface area contributed by atoms with Crippen LogP contribution in [-0.4, -0.2) is 201 Å². The van der Waals surface area contributed by atoms with Gasteiger partial charge in [0.1, 0.15) is 52.5 Å². The number of nitrogens with two attached hydrogens (primary N) is 3. The second kappa shape index (κ2) is 34.9. The first kappa shape index (κ1) is 90.3. The number of benzene rings is 6. The number of halogens is 9. The fourth-order valence-electron chi connectivity index (χ4n) is 16.7. The molecule has 2 aliphatic carbocycles. The third-order valence-electron chi connectivity index (χ3n) is 22.8. The van der Waals surface area contributed by atoms with Gasteiger partial charge in [-0.25, -0.2) is 35.8 Å². The van der Waals surface area contributed by atoms with E-state index in [2.05, 4.69) is 40.0 Å². The molecule has 2 saturated carbocycles.